The molecule has 5 nitrogen and oxygen atoms in total. The zero-order valence-electron chi connectivity index (χ0n) is 16.5. The van der Waals surface area contributed by atoms with Crippen molar-refractivity contribution in [3.63, 3.8) is 0 Å². The van der Waals surface area contributed by atoms with Crippen molar-refractivity contribution in [2.24, 2.45) is 0 Å². The monoisotopic (exact) mass is 379 g/mol. The van der Waals surface area contributed by atoms with E-state index in [-0.39, 0.29) is 18.1 Å². The van der Waals surface area contributed by atoms with Crippen LogP contribution in [0, 0.1) is 6.92 Å². The maximum absolute atomic E-state index is 12.4. The lowest BCUT2D eigenvalue weighted by Crippen LogP contribution is -2.52. The summed E-state index contributed by atoms with van der Waals surface area (Å²) in [4.78, 5) is 14.9. The molecule has 28 heavy (non-hydrogen) atoms. The van der Waals surface area contributed by atoms with Crippen molar-refractivity contribution < 1.29 is 9.53 Å². The standard InChI is InChI=1S/C23H29N3O2/c1-17-5-4-6-18(13-17)15-26-11-9-20(10-12-26)24-23(27)25-21-14-19-7-2-3-8-22(19)28-16-21/h2-8,13,20-21H,9-12,14-16H2,1H3,(H2,24,25,27)/t21-/m0/s1. The average Bonchev–Trinajstić information content (AvgIpc) is 2.69. The van der Waals surface area contributed by atoms with E-state index in [1.165, 1.54) is 11.1 Å². The number of rotatable bonds is 4. The minimum Gasteiger partial charge on any atom is -0.491 e. The van der Waals surface area contributed by atoms with E-state index >= 15 is 0 Å². The molecule has 0 bridgehead atoms. The van der Waals surface area contributed by atoms with Gasteiger partial charge in [0.15, 0.2) is 0 Å². The molecule has 2 N–H and O–H groups in total. The third-order valence-electron chi connectivity index (χ3n) is 5.63. The summed E-state index contributed by atoms with van der Waals surface area (Å²) >= 11 is 0. The summed E-state index contributed by atoms with van der Waals surface area (Å²) in [5, 5.41) is 6.23. The van der Waals surface area contributed by atoms with Gasteiger partial charge in [-0.15, -0.1) is 0 Å². The Morgan fingerprint density at radius 2 is 1.86 bits per heavy atom. The summed E-state index contributed by atoms with van der Waals surface area (Å²) in [6.45, 7) is 5.67. The zero-order valence-corrected chi connectivity index (χ0v) is 16.5. The minimum absolute atomic E-state index is 0.0244. The van der Waals surface area contributed by atoms with Crippen LogP contribution < -0.4 is 15.4 Å². The SMILES string of the molecule is Cc1cccc(CN2CCC(NC(=O)N[C@@H]3COc4ccccc4C3)CC2)c1. The molecule has 0 spiro atoms. The number of hydrogen-bond donors (Lipinski definition) is 2. The highest BCUT2D eigenvalue weighted by Crippen LogP contribution is 2.23. The molecule has 0 aromatic heterocycles. The fraction of sp³-hybridized carbons (Fsp3) is 0.435. The molecule has 1 atom stereocenters. The molecule has 2 aromatic carbocycles. The second-order valence-corrected chi connectivity index (χ2v) is 7.98. The zero-order chi connectivity index (χ0) is 19.3. The summed E-state index contributed by atoms with van der Waals surface area (Å²) in [6.07, 6.45) is 2.80. The minimum atomic E-state index is -0.0786. The van der Waals surface area contributed by atoms with E-state index in [2.05, 4.69) is 52.8 Å². The van der Waals surface area contributed by atoms with Gasteiger partial charge in [-0.05, 0) is 43.4 Å². The normalized spacial score (nSPS) is 20.1. The molecule has 0 unspecified atom stereocenters. The maximum Gasteiger partial charge on any atom is 0.315 e. The first-order valence-corrected chi connectivity index (χ1v) is 10.2. The molecule has 2 amide bonds. The molecule has 4 rings (SSSR count). The lowest BCUT2D eigenvalue weighted by Gasteiger charge is -2.33. The molecule has 2 aromatic rings. The molecule has 0 saturated carbocycles. The number of likely N-dealkylation sites (tertiary alicyclic amines) is 1. The number of aryl methyl sites for hydroxylation is 1. The van der Waals surface area contributed by atoms with Crippen LogP contribution >= 0.6 is 0 Å². The molecule has 2 aliphatic heterocycles. The van der Waals surface area contributed by atoms with Crippen molar-refractivity contribution >= 4 is 6.03 Å². The van der Waals surface area contributed by atoms with E-state index in [1.54, 1.807) is 0 Å². The van der Waals surface area contributed by atoms with E-state index in [0.29, 0.717) is 6.61 Å². The molecule has 2 aliphatic rings. The quantitative estimate of drug-likeness (QED) is 0.857. The van der Waals surface area contributed by atoms with Crippen molar-refractivity contribution in [2.75, 3.05) is 19.7 Å². The Hall–Kier alpha value is -2.53. The van der Waals surface area contributed by atoms with Gasteiger partial charge < -0.3 is 15.4 Å². The Balaban J connectivity index is 1.20. The van der Waals surface area contributed by atoms with Gasteiger partial charge in [0, 0.05) is 25.7 Å². The number of nitrogens with zero attached hydrogens (tertiary/aromatic N) is 1. The molecular formula is C23H29N3O2. The van der Waals surface area contributed by atoms with Gasteiger partial charge in [0.25, 0.3) is 0 Å². The number of para-hydroxylation sites is 1. The largest absolute Gasteiger partial charge is 0.491 e. The van der Waals surface area contributed by atoms with Gasteiger partial charge >= 0.3 is 6.03 Å². The predicted molar refractivity (Wildman–Crippen MR) is 111 cm³/mol. The Morgan fingerprint density at radius 1 is 1.07 bits per heavy atom. The number of hydrogen-bond acceptors (Lipinski definition) is 3. The van der Waals surface area contributed by atoms with Crippen LogP contribution in [0.15, 0.2) is 48.5 Å². The Labute approximate surface area is 167 Å². The van der Waals surface area contributed by atoms with E-state index < -0.39 is 0 Å². The Bertz CT molecular complexity index is 815. The summed E-state index contributed by atoms with van der Waals surface area (Å²) in [6, 6.07) is 16.9. The van der Waals surface area contributed by atoms with Crippen molar-refractivity contribution in [1.82, 2.24) is 15.5 Å². The Morgan fingerprint density at radius 3 is 2.68 bits per heavy atom. The van der Waals surface area contributed by atoms with E-state index in [4.69, 9.17) is 4.74 Å². The number of nitrogens with one attached hydrogen (secondary N) is 2. The van der Waals surface area contributed by atoms with Crippen LogP contribution in [0.3, 0.4) is 0 Å². The van der Waals surface area contributed by atoms with Crippen LogP contribution in [-0.2, 0) is 13.0 Å². The lowest BCUT2D eigenvalue weighted by molar-refractivity contribution is 0.181. The summed E-state index contributed by atoms with van der Waals surface area (Å²) in [5.41, 5.74) is 3.82. The topological polar surface area (TPSA) is 53.6 Å². The molecule has 148 valence electrons. The second-order valence-electron chi connectivity index (χ2n) is 7.98. The van der Waals surface area contributed by atoms with Gasteiger partial charge in [-0.2, -0.15) is 0 Å². The van der Waals surface area contributed by atoms with Gasteiger partial charge in [0.1, 0.15) is 12.4 Å². The molecule has 0 radical (unpaired) electrons. The highest BCUT2D eigenvalue weighted by atomic mass is 16.5. The smallest absolute Gasteiger partial charge is 0.315 e. The van der Waals surface area contributed by atoms with Crippen LogP contribution in [0.4, 0.5) is 4.79 Å². The number of ether oxygens (including phenoxy) is 1. The predicted octanol–water partition coefficient (Wildman–Crippen LogP) is 3.26. The maximum atomic E-state index is 12.4. The Kier molecular flexibility index (Phi) is 5.81. The number of benzene rings is 2. The molecule has 2 heterocycles. The number of urea groups is 1. The van der Waals surface area contributed by atoms with Crippen LogP contribution in [0.1, 0.15) is 29.5 Å². The molecule has 0 aliphatic carbocycles. The average molecular weight is 380 g/mol. The molecular weight excluding hydrogens is 350 g/mol. The van der Waals surface area contributed by atoms with Crippen molar-refractivity contribution in [3.05, 3.63) is 65.2 Å². The van der Waals surface area contributed by atoms with Gasteiger partial charge in [-0.1, -0.05) is 48.0 Å². The van der Waals surface area contributed by atoms with Crippen LogP contribution in [-0.4, -0.2) is 42.7 Å². The van der Waals surface area contributed by atoms with Gasteiger partial charge in [-0.3, -0.25) is 4.90 Å². The highest BCUT2D eigenvalue weighted by molar-refractivity contribution is 5.74. The van der Waals surface area contributed by atoms with Crippen molar-refractivity contribution in [1.29, 1.82) is 0 Å². The third kappa shape index (κ3) is 4.84. The van der Waals surface area contributed by atoms with E-state index in [1.807, 2.05) is 18.2 Å². The highest BCUT2D eigenvalue weighted by Gasteiger charge is 2.24. The fourth-order valence-corrected chi connectivity index (χ4v) is 4.14. The van der Waals surface area contributed by atoms with Gasteiger partial charge in [-0.25, -0.2) is 4.79 Å². The second kappa shape index (κ2) is 8.65. The summed E-state index contributed by atoms with van der Waals surface area (Å²) in [5.74, 6) is 0.932. The lowest BCUT2D eigenvalue weighted by atomic mass is 10.0. The van der Waals surface area contributed by atoms with Crippen LogP contribution in [0.5, 0.6) is 5.75 Å². The number of carbonyl (C=O) groups is 1. The first kappa shape index (κ1) is 18.8. The first-order chi connectivity index (χ1) is 13.7. The number of fused-ring (bicyclic) bond motifs is 1. The summed E-state index contributed by atoms with van der Waals surface area (Å²) < 4.78 is 5.76. The van der Waals surface area contributed by atoms with Gasteiger partial charge in [0.05, 0.1) is 6.04 Å². The first-order valence-electron chi connectivity index (χ1n) is 10.2. The number of amides is 2. The van der Waals surface area contributed by atoms with E-state index in [9.17, 15) is 4.79 Å². The van der Waals surface area contributed by atoms with Crippen LogP contribution in [0.2, 0.25) is 0 Å². The molecule has 5 heteroatoms. The van der Waals surface area contributed by atoms with Crippen molar-refractivity contribution in [3.8, 4) is 5.75 Å². The molecule has 1 fully saturated rings. The summed E-state index contributed by atoms with van der Waals surface area (Å²) in [7, 11) is 0. The number of piperidine rings is 1. The number of carbonyl (C=O) groups excluding carboxylic acids is 1. The third-order valence-corrected chi connectivity index (χ3v) is 5.63. The van der Waals surface area contributed by atoms with Crippen LogP contribution in [0.25, 0.3) is 0 Å². The van der Waals surface area contributed by atoms with Crippen molar-refractivity contribution in [2.45, 2.75) is 44.8 Å². The van der Waals surface area contributed by atoms with Gasteiger partial charge in [0.2, 0.25) is 0 Å². The van der Waals surface area contributed by atoms with E-state index in [0.717, 1.165) is 50.2 Å². The molecule has 1 saturated heterocycles. The fourth-order valence-electron chi connectivity index (χ4n) is 4.14.